The van der Waals surface area contributed by atoms with Crippen LogP contribution in [0.3, 0.4) is 0 Å². The lowest BCUT2D eigenvalue weighted by Crippen LogP contribution is -2.41. The summed E-state index contributed by atoms with van der Waals surface area (Å²) in [6.07, 6.45) is 2.46. The van der Waals surface area contributed by atoms with Gasteiger partial charge in [-0.25, -0.2) is 13.1 Å². The largest absolute Gasteiger partial charge is 0.341 e. The number of carbonyl (C=O) groups is 1. The van der Waals surface area contributed by atoms with E-state index in [2.05, 4.69) is 4.72 Å². The summed E-state index contributed by atoms with van der Waals surface area (Å²) in [7, 11) is -3.54. The molecule has 1 fully saturated rings. The Balaban J connectivity index is 1.89. The van der Waals surface area contributed by atoms with Gasteiger partial charge in [-0.2, -0.15) is 0 Å². The molecule has 0 bridgehead atoms. The van der Waals surface area contributed by atoms with Crippen LogP contribution in [0.4, 0.5) is 0 Å². The van der Waals surface area contributed by atoms with Gasteiger partial charge in [0.15, 0.2) is 0 Å². The van der Waals surface area contributed by atoms with E-state index >= 15 is 0 Å². The third kappa shape index (κ3) is 3.94. The summed E-state index contributed by atoms with van der Waals surface area (Å²) in [5.74, 6) is 0.0990. The quantitative estimate of drug-likeness (QED) is 0.898. The van der Waals surface area contributed by atoms with E-state index in [9.17, 15) is 13.2 Å². The van der Waals surface area contributed by atoms with Crippen molar-refractivity contribution in [1.29, 1.82) is 0 Å². The second kappa shape index (κ2) is 6.56. The van der Waals surface area contributed by atoms with Crippen LogP contribution in [-0.2, 0) is 14.8 Å². The van der Waals surface area contributed by atoms with Gasteiger partial charge in [-0.3, -0.25) is 4.79 Å². The molecule has 0 aromatic heterocycles. The lowest BCUT2D eigenvalue weighted by atomic mass is 10.1. The van der Waals surface area contributed by atoms with Crippen molar-refractivity contribution in [3.05, 3.63) is 29.3 Å². The predicted molar refractivity (Wildman–Crippen MR) is 77.1 cm³/mol. The fraction of sp³-hybridized carbons (Fsp3) is 0.462. The first-order chi connectivity index (χ1) is 9.49. The van der Waals surface area contributed by atoms with Gasteiger partial charge in [-0.05, 0) is 37.1 Å². The lowest BCUT2D eigenvalue weighted by Gasteiger charge is -2.26. The van der Waals surface area contributed by atoms with Crippen LogP contribution in [0.2, 0.25) is 5.02 Å². The standard InChI is InChI=1S/C13H17ClN2O3S/c14-11-4-6-12(7-5-11)20(18,19)15-8-10-16-9-2-1-3-13(16)17/h4-7,15H,1-3,8-10H2. The monoisotopic (exact) mass is 316 g/mol. The first kappa shape index (κ1) is 15.3. The molecular weight excluding hydrogens is 300 g/mol. The van der Waals surface area contributed by atoms with Gasteiger partial charge >= 0.3 is 0 Å². The number of likely N-dealkylation sites (tertiary alicyclic amines) is 1. The Kier molecular flexibility index (Phi) is 5.01. The normalized spacial score (nSPS) is 16.4. The number of sulfonamides is 1. The molecular formula is C13H17ClN2O3S. The summed E-state index contributed by atoms with van der Waals surface area (Å²) >= 11 is 5.72. The summed E-state index contributed by atoms with van der Waals surface area (Å²) in [6.45, 7) is 1.34. The molecule has 1 aromatic rings. The van der Waals surface area contributed by atoms with Gasteiger partial charge in [-0.15, -0.1) is 0 Å². The topological polar surface area (TPSA) is 66.5 Å². The molecule has 5 nitrogen and oxygen atoms in total. The molecule has 1 amide bonds. The molecule has 1 N–H and O–H groups in total. The number of halogens is 1. The number of nitrogens with one attached hydrogen (secondary N) is 1. The SMILES string of the molecule is O=C1CCCCN1CCNS(=O)(=O)c1ccc(Cl)cc1. The summed E-state index contributed by atoms with van der Waals surface area (Å²) < 4.78 is 26.5. The van der Waals surface area contributed by atoms with Crippen molar-refractivity contribution in [2.45, 2.75) is 24.2 Å². The minimum Gasteiger partial charge on any atom is -0.341 e. The molecule has 1 aromatic carbocycles. The van der Waals surface area contributed by atoms with Crippen molar-refractivity contribution in [3.8, 4) is 0 Å². The van der Waals surface area contributed by atoms with Gasteiger partial charge in [-0.1, -0.05) is 11.6 Å². The fourth-order valence-corrected chi connectivity index (χ4v) is 3.26. The lowest BCUT2D eigenvalue weighted by molar-refractivity contribution is -0.133. The highest BCUT2D eigenvalue weighted by Crippen LogP contribution is 2.14. The highest BCUT2D eigenvalue weighted by atomic mass is 35.5. The van der Waals surface area contributed by atoms with E-state index in [1.54, 1.807) is 4.90 Å². The van der Waals surface area contributed by atoms with Crippen molar-refractivity contribution >= 4 is 27.5 Å². The van der Waals surface area contributed by atoms with E-state index in [1.807, 2.05) is 0 Å². The van der Waals surface area contributed by atoms with Crippen LogP contribution in [0.15, 0.2) is 29.2 Å². The first-order valence-corrected chi connectivity index (χ1v) is 8.38. The zero-order chi connectivity index (χ0) is 14.6. The van der Waals surface area contributed by atoms with Gasteiger partial charge in [0.1, 0.15) is 0 Å². The van der Waals surface area contributed by atoms with Gasteiger partial charge in [0.2, 0.25) is 15.9 Å². The molecule has 110 valence electrons. The van der Waals surface area contributed by atoms with E-state index in [-0.39, 0.29) is 17.3 Å². The molecule has 0 spiro atoms. The highest BCUT2D eigenvalue weighted by Gasteiger charge is 2.19. The van der Waals surface area contributed by atoms with E-state index in [1.165, 1.54) is 24.3 Å². The van der Waals surface area contributed by atoms with Gasteiger partial charge in [0.05, 0.1) is 4.90 Å². The molecule has 1 heterocycles. The van der Waals surface area contributed by atoms with E-state index in [4.69, 9.17) is 11.6 Å². The third-order valence-electron chi connectivity index (χ3n) is 3.22. The number of hydrogen-bond donors (Lipinski definition) is 1. The summed E-state index contributed by atoms with van der Waals surface area (Å²) in [4.78, 5) is 13.5. The maximum Gasteiger partial charge on any atom is 0.240 e. The number of amides is 1. The Bertz CT molecular complexity index is 572. The summed E-state index contributed by atoms with van der Waals surface area (Å²) in [6, 6.07) is 5.97. The zero-order valence-corrected chi connectivity index (χ0v) is 12.6. The minimum atomic E-state index is -3.54. The molecule has 1 saturated heterocycles. The average molecular weight is 317 g/mol. The number of benzene rings is 1. The van der Waals surface area contributed by atoms with Crippen LogP contribution in [-0.4, -0.2) is 38.9 Å². The molecule has 0 radical (unpaired) electrons. The molecule has 1 aliphatic heterocycles. The second-order valence-corrected chi connectivity index (χ2v) is 6.89. The number of carbonyl (C=O) groups excluding carboxylic acids is 1. The average Bonchev–Trinajstić information content (AvgIpc) is 2.41. The Labute approximate surface area is 124 Å². The molecule has 0 saturated carbocycles. The Hall–Kier alpha value is -1.11. The third-order valence-corrected chi connectivity index (χ3v) is 4.95. The van der Waals surface area contributed by atoms with Gasteiger partial charge in [0.25, 0.3) is 0 Å². The minimum absolute atomic E-state index is 0.0990. The Morgan fingerprint density at radius 3 is 2.55 bits per heavy atom. The molecule has 2 rings (SSSR count). The van der Waals surface area contributed by atoms with Crippen LogP contribution in [0, 0.1) is 0 Å². The van der Waals surface area contributed by atoms with Crippen molar-refractivity contribution in [2.75, 3.05) is 19.6 Å². The highest BCUT2D eigenvalue weighted by molar-refractivity contribution is 7.89. The molecule has 0 aliphatic carbocycles. The van der Waals surface area contributed by atoms with E-state index in [0.717, 1.165) is 12.8 Å². The van der Waals surface area contributed by atoms with Crippen LogP contribution >= 0.6 is 11.6 Å². The summed E-state index contributed by atoms with van der Waals surface area (Å²) in [5.41, 5.74) is 0. The van der Waals surface area contributed by atoms with Gasteiger partial charge in [0, 0.05) is 31.1 Å². The number of nitrogens with zero attached hydrogens (tertiary/aromatic N) is 1. The van der Waals surface area contributed by atoms with Crippen molar-refractivity contribution in [2.24, 2.45) is 0 Å². The maximum atomic E-state index is 12.0. The second-order valence-electron chi connectivity index (χ2n) is 4.69. The first-order valence-electron chi connectivity index (χ1n) is 6.52. The molecule has 7 heteroatoms. The number of rotatable bonds is 5. The van der Waals surface area contributed by atoms with Crippen molar-refractivity contribution < 1.29 is 13.2 Å². The number of hydrogen-bond acceptors (Lipinski definition) is 3. The smallest absolute Gasteiger partial charge is 0.240 e. The van der Waals surface area contributed by atoms with Crippen LogP contribution in [0.25, 0.3) is 0 Å². The molecule has 20 heavy (non-hydrogen) atoms. The van der Waals surface area contributed by atoms with E-state index in [0.29, 0.717) is 24.5 Å². The predicted octanol–water partition coefficient (Wildman–Crippen LogP) is 1.63. The Morgan fingerprint density at radius 2 is 1.90 bits per heavy atom. The van der Waals surface area contributed by atoms with Crippen LogP contribution in [0.5, 0.6) is 0 Å². The molecule has 0 unspecified atom stereocenters. The van der Waals surface area contributed by atoms with Crippen molar-refractivity contribution in [3.63, 3.8) is 0 Å². The maximum absolute atomic E-state index is 12.0. The van der Waals surface area contributed by atoms with Crippen LogP contribution in [0.1, 0.15) is 19.3 Å². The van der Waals surface area contributed by atoms with E-state index < -0.39 is 10.0 Å². The molecule has 0 atom stereocenters. The van der Waals surface area contributed by atoms with Gasteiger partial charge < -0.3 is 4.90 Å². The fourth-order valence-electron chi connectivity index (χ4n) is 2.11. The zero-order valence-electron chi connectivity index (χ0n) is 11.0. The summed E-state index contributed by atoms with van der Waals surface area (Å²) in [5, 5.41) is 0.489. The number of piperidine rings is 1. The molecule has 1 aliphatic rings. The van der Waals surface area contributed by atoms with Crippen LogP contribution < -0.4 is 4.72 Å². The Morgan fingerprint density at radius 1 is 1.20 bits per heavy atom. The van der Waals surface area contributed by atoms with Crippen molar-refractivity contribution in [1.82, 2.24) is 9.62 Å².